The Labute approximate surface area is 205 Å². The van der Waals surface area contributed by atoms with Gasteiger partial charge in [0.1, 0.15) is 23.7 Å². The zero-order valence-corrected chi connectivity index (χ0v) is 20.7. The molecule has 2 aliphatic rings. The predicted octanol–water partition coefficient (Wildman–Crippen LogP) is 2.29. The average molecular weight is 476 g/mol. The van der Waals surface area contributed by atoms with Gasteiger partial charge in [0.2, 0.25) is 0 Å². The molecule has 35 heavy (non-hydrogen) atoms. The SMILES string of the molecule is CCn1cnnc1-c1cccc(N2Cc3c(cc(N4CCC[C@H]4C)nc3CN(C)CCN)C2=O)n1. The van der Waals surface area contributed by atoms with E-state index >= 15 is 0 Å². The second kappa shape index (κ2) is 9.71. The van der Waals surface area contributed by atoms with Crippen LogP contribution in [0.3, 0.4) is 0 Å². The van der Waals surface area contributed by atoms with Crippen molar-refractivity contribution in [3.63, 3.8) is 0 Å². The number of anilines is 2. The maximum Gasteiger partial charge on any atom is 0.260 e. The number of pyridine rings is 2. The van der Waals surface area contributed by atoms with Gasteiger partial charge in [-0.2, -0.15) is 0 Å². The highest BCUT2D eigenvalue weighted by molar-refractivity contribution is 6.10. The van der Waals surface area contributed by atoms with Crippen LogP contribution in [-0.4, -0.2) is 68.3 Å². The average Bonchev–Trinajstić information content (AvgIpc) is 3.58. The van der Waals surface area contributed by atoms with Crippen molar-refractivity contribution in [1.82, 2.24) is 29.6 Å². The number of carbonyl (C=O) groups excluding carboxylic acids is 1. The third kappa shape index (κ3) is 4.39. The first kappa shape index (κ1) is 23.4. The second-order valence-corrected chi connectivity index (χ2v) is 9.38. The topological polar surface area (TPSA) is 109 Å². The maximum absolute atomic E-state index is 13.7. The van der Waals surface area contributed by atoms with E-state index in [2.05, 4.69) is 26.9 Å². The van der Waals surface area contributed by atoms with E-state index in [0.29, 0.717) is 48.6 Å². The summed E-state index contributed by atoms with van der Waals surface area (Å²) in [5, 5.41) is 8.24. The fourth-order valence-electron chi connectivity index (χ4n) is 5.03. The van der Waals surface area contributed by atoms with Crippen LogP contribution in [0, 0.1) is 0 Å². The van der Waals surface area contributed by atoms with E-state index in [1.54, 1.807) is 11.2 Å². The minimum Gasteiger partial charge on any atom is -0.354 e. The smallest absolute Gasteiger partial charge is 0.260 e. The van der Waals surface area contributed by atoms with Gasteiger partial charge in [-0.1, -0.05) is 6.07 Å². The van der Waals surface area contributed by atoms with Crippen LogP contribution in [0.15, 0.2) is 30.6 Å². The Kier molecular flexibility index (Phi) is 6.48. The van der Waals surface area contributed by atoms with Gasteiger partial charge in [0, 0.05) is 44.3 Å². The molecule has 0 spiro atoms. The Balaban J connectivity index is 1.51. The molecule has 1 fully saturated rings. The molecule has 3 aromatic heterocycles. The Morgan fingerprint density at radius 3 is 2.83 bits per heavy atom. The van der Waals surface area contributed by atoms with E-state index in [4.69, 9.17) is 15.7 Å². The quantitative estimate of drug-likeness (QED) is 0.529. The molecule has 184 valence electrons. The molecule has 1 saturated heterocycles. The molecule has 1 amide bonds. The zero-order valence-electron chi connectivity index (χ0n) is 20.7. The lowest BCUT2D eigenvalue weighted by Crippen LogP contribution is -2.29. The van der Waals surface area contributed by atoms with Gasteiger partial charge in [0.05, 0.1) is 17.8 Å². The molecule has 3 aromatic rings. The highest BCUT2D eigenvalue weighted by Crippen LogP contribution is 2.34. The maximum atomic E-state index is 13.7. The Hall–Kier alpha value is -3.37. The second-order valence-electron chi connectivity index (χ2n) is 9.38. The van der Waals surface area contributed by atoms with Gasteiger partial charge in [-0.3, -0.25) is 14.6 Å². The Morgan fingerprint density at radius 2 is 2.09 bits per heavy atom. The molecular weight excluding hydrogens is 442 g/mol. The zero-order chi connectivity index (χ0) is 24.5. The van der Waals surface area contributed by atoms with Gasteiger partial charge < -0.3 is 15.2 Å². The highest BCUT2D eigenvalue weighted by Gasteiger charge is 2.34. The van der Waals surface area contributed by atoms with Crippen LogP contribution >= 0.6 is 0 Å². The predicted molar refractivity (Wildman–Crippen MR) is 135 cm³/mol. The van der Waals surface area contributed by atoms with E-state index in [9.17, 15) is 4.79 Å². The van der Waals surface area contributed by atoms with Crippen molar-refractivity contribution in [2.24, 2.45) is 5.73 Å². The highest BCUT2D eigenvalue weighted by atomic mass is 16.2. The number of aryl methyl sites for hydroxylation is 1. The Morgan fingerprint density at radius 1 is 1.23 bits per heavy atom. The van der Waals surface area contributed by atoms with E-state index in [0.717, 1.165) is 49.6 Å². The van der Waals surface area contributed by atoms with Gasteiger partial charge in [0.25, 0.3) is 5.91 Å². The number of amides is 1. The number of hydrogen-bond donors (Lipinski definition) is 1. The molecule has 10 nitrogen and oxygen atoms in total. The number of nitrogens with two attached hydrogens (primary N) is 1. The van der Waals surface area contributed by atoms with E-state index in [-0.39, 0.29) is 5.91 Å². The Bertz CT molecular complexity index is 1220. The summed E-state index contributed by atoms with van der Waals surface area (Å²) in [5.41, 5.74) is 9.10. The molecule has 5 rings (SSSR count). The number of carbonyl (C=O) groups is 1. The number of fused-ring (bicyclic) bond motifs is 1. The van der Waals surface area contributed by atoms with Gasteiger partial charge in [0.15, 0.2) is 5.82 Å². The number of nitrogens with zero attached hydrogens (tertiary/aromatic N) is 8. The molecule has 5 heterocycles. The summed E-state index contributed by atoms with van der Waals surface area (Å²) < 4.78 is 1.94. The third-order valence-electron chi connectivity index (χ3n) is 6.96. The lowest BCUT2D eigenvalue weighted by Gasteiger charge is -2.25. The minimum atomic E-state index is -0.0418. The lowest BCUT2D eigenvalue weighted by atomic mass is 10.1. The summed E-state index contributed by atoms with van der Waals surface area (Å²) in [7, 11) is 2.04. The largest absolute Gasteiger partial charge is 0.354 e. The molecule has 0 bridgehead atoms. The summed E-state index contributed by atoms with van der Waals surface area (Å²) in [4.78, 5) is 29.8. The molecule has 0 radical (unpaired) electrons. The van der Waals surface area contributed by atoms with Crippen molar-refractivity contribution < 1.29 is 4.79 Å². The van der Waals surface area contributed by atoms with E-state index in [1.165, 1.54) is 0 Å². The summed E-state index contributed by atoms with van der Waals surface area (Å²) in [6.45, 7) is 8.39. The first-order valence-corrected chi connectivity index (χ1v) is 12.3. The molecule has 0 aromatic carbocycles. The molecule has 0 unspecified atom stereocenters. The first-order chi connectivity index (χ1) is 17.0. The molecule has 2 N–H and O–H groups in total. The first-order valence-electron chi connectivity index (χ1n) is 12.3. The van der Waals surface area contributed by atoms with Crippen LogP contribution in [0.1, 0.15) is 48.3 Å². The lowest BCUT2D eigenvalue weighted by molar-refractivity contribution is 0.0996. The fourth-order valence-corrected chi connectivity index (χ4v) is 5.03. The van der Waals surface area contributed by atoms with Crippen LogP contribution in [0.2, 0.25) is 0 Å². The van der Waals surface area contributed by atoms with Gasteiger partial charge >= 0.3 is 0 Å². The van der Waals surface area contributed by atoms with Crippen molar-refractivity contribution in [2.45, 2.75) is 52.4 Å². The summed E-state index contributed by atoms with van der Waals surface area (Å²) in [6.07, 6.45) is 3.97. The van der Waals surface area contributed by atoms with Gasteiger partial charge in [-0.25, -0.2) is 9.97 Å². The van der Waals surface area contributed by atoms with Crippen LogP contribution in [-0.2, 0) is 19.6 Å². The molecule has 0 aliphatic carbocycles. The van der Waals surface area contributed by atoms with Crippen LogP contribution in [0.5, 0.6) is 0 Å². The van der Waals surface area contributed by atoms with Crippen molar-refractivity contribution >= 4 is 17.5 Å². The number of aromatic nitrogens is 5. The minimum absolute atomic E-state index is 0.0418. The van der Waals surface area contributed by atoms with Crippen LogP contribution < -0.4 is 15.5 Å². The monoisotopic (exact) mass is 475 g/mol. The number of rotatable bonds is 8. The number of hydrogen-bond acceptors (Lipinski definition) is 8. The molecular formula is C25H33N9O. The molecule has 0 saturated carbocycles. The van der Waals surface area contributed by atoms with E-state index in [1.807, 2.05) is 42.8 Å². The fraction of sp³-hybridized carbons (Fsp3) is 0.480. The van der Waals surface area contributed by atoms with Gasteiger partial charge in [-0.05, 0) is 51.9 Å². The standard InChI is InChI=1S/C25H33N9O/c1-4-32-16-27-30-24(32)20-8-5-9-22(28-20)34-14-19-18(25(34)35)13-23(33-11-6-7-17(33)2)29-21(19)15-31(3)12-10-26/h5,8-9,13,16-17H,4,6-7,10-12,14-15,26H2,1-3H3/t17-/m1/s1. The van der Waals surface area contributed by atoms with Crippen molar-refractivity contribution in [1.29, 1.82) is 0 Å². The van der Waals surface area contributed by atoms with Crippen LogP contribution in [0.4, 0.5) is 11.6 Å². The van der Waals surface area contributed by atoms with E-state index < -0.39 is 0 Å². The number of likely N-dealkylation sites (N-methyl/N-ethyl adjacent to an activating group) is 1. The normalized spacial score (nSPS) is 17.6. The van der Waals surface area contributed by atoms with Crippen LogP contribution in [0.25, 0.3) is 11.5 Å². The molecule has 1 atom stereocenters. The third-order valence-corrected chi connectivity index (χ3v) is 6.96. The summed E-state index contributed by atoms with van der Waals surface area (Å²) >= 11 is 0. The van der Waals surface area contributed by atoms with Crippen molar-refractivity contribution in [2.75, 3.05) is 36.5 Å². The van der Waals surface area contributed by atoms with Gasteiger partial charge in [-0.15, -0.1) is 10.2 Å². The summed E-state index contributed by atoms with van der Waals surface area (Å²) in [5.74, 6) is 2.14. The molecule has 2 aliphatic heterocycles. The summed E-state index contributed by atoms with van der Waals surface area (Å²) in [6, 6.07) is 8.07. The van der Waals surface area contributed by atoms with Crippen molar-refractivity contribution in [3.8, 4) is 11.5 Å². The molecule has 10 heteroatoms. The van der Waals surface area contributed by atoms with Crippen molar-refractivity contribution in [3.05, 3.63) is 47.4 Å².